The number of hydrogen-bond acceptors (Lipinski definition) is 4. The minimum atomic E-state index is -0.576. The predicted molar refractivity (Wildman–Crippen MR) is 73.5 cm³/mol. The summed E-state index contributed by atoms with van der Waals surface area (Å²) in [5.41, 5.74) is 6.49. The van der Waals surface area contributed by atoms with Crippen LogP contribution in [0.15, 0.2) is 10.5 Å². The Hall–Kier alpha value is -0.940. The molecule has 0 fully saturated rings. The van der Waals surface area contributed by atoms with Crippen molar-refractivity contribution < 1.29 is 14.2 Å². The molecular weight excluding hydrogens is 298 g/mol. The van der Waals surface area contributed by atoms with Crippen molar-refractivity contribution in [3.05, 3.63) is 16.1 Å². The van der Waals surface area contributed by atoms with Gasteiger partial charge in [0.2, 0.25) is 0 Å². The molecule has 5 heteroatoms. The summed E-state index contributed by atoms with van der Waals surface area (Å²) in [6.07, 6.45) is 0.860. The lowest BCUT2D eigenvalue weighted by Gasteiger charge is -2.26. The van der Waals surface area contributed by atoms with Crippen molar-refractivity contribution in [3.8, 4) is 17.2 Å². The van der Waals surface area contributed by atoms with Gasteiger partial charge in [0.05, 0.1) is 30.4 Å². The maximum absolute atomic E-state index is 6.24. The van der Waals surface area contributed by atoms with E-state index in [1.807, 2.05) is 19.9 Å². The van der Waals surface area contributed by atoms with E-state index in [0.29, 0.717) is 30.5 Å². The molecule has 0 saturated carbocycles. The lowest BCUT2D eigenvalue weighted by Crippen LogP contribution is -2.30. The lowest BCUT2D eigenvalue weighted by atomic mass is 9.93. The first-order valence-electron chi connectivity index (χ1n) is 5.90. The van der Waals surface area contributed by atoms with Gasteiger partial charge in [0, 0.05) is 18.0 Å². The van der Waals surface area contributed by atoms with Gasteiger partial charge in [-0.1, -0.05) is 0 Å². The molecular formula is C13H18BrNO3. The second kappa shape index (κ2) is 4.97. The first kappa shape index (κ1) is 13.5. The van der Waals surface area contributed by atoms with Crippen molar-refractivity contribution in [2.75, 3.05) is 20.3 Å². The van der Waals surface area contributed by atoms with E-state index in [0.717, 1.165) is 16.5 Å². The standard InChI is InChI=1S/C13H18BrNO3/c1-13(2,15)10-11(16-3)8(14)7-9-12(10)18-6-4-5-17-9/h7H,4-6,15H2,1-3H3. The van der Waals surface area contributed by atoms with E-state index in [-0.39, 0.29) is 0 Å². The number of nitrogens with two attached hydrogens (primary N) is 1. The number of methoxy groups -OCH3 is 1. The molecule has 1 aliphatic rings. The third-order valence-electron chi connectivity index (χ3n) is 2.79. The van der Waals surface area contributed by atoms with Crippen molar-refractivity contribution in [2.45, 2.75) is 25.8 Å². The van der Waals surface area contributed by atoms with Crippen molar-refractivity contribution in [3.63, 3.8) is 0 Å². The molecule has 0 unspecified atom stereocenters. The first-order chi connectivity index (χ1) is 8.45. The molecule has 0 radical (unpaired) electrons. The second-order valence-electron chi connectivity index (χ2n) is 4.87. The predicted octanol–water partition coefficient (Wildman–Crippen LogP) is 2.81. The molecule has 1 heterocycles. The van der Waals surface area contributed by atoms with Gasteiger partial charge in [-0.15, -0.1) is 0 Å². The Bertz CT molecular complexity index is 455. The largest absolute Gasteiger partial charge is 0.495 e. The molecule has 1 aromatic carbocycles. The van der Waals surface area contributed by atoms with Crippen LogP contribution >= 0.6 is 15.9 Å². The number of halogens is 1. The first-order valence-corrected chi connectivity index (χ1v) is 6.70. The van der Waals surface area contributed by atoms with Gasteiger partial charge in [-0.3, -0.25) is 0 Å². The van der Waals surface area contributed by atoms with Crippen LogP contribution < -0.4 is 19.9 Å². The highest BCUT2D eigenvalue weighted by molar-refractivity contribution is 9.10. The Labute approximate surface area is 116 Å². The van der Waals surface area contributed by atoms with Crippen LogP contribution in [0.25, 0.3) is 0 Å². The number of benzene rings is 1. The van der Waals surface area contributed by atoms with Gasteiger partial charge < -0.3 is 19.9 Å². The van der Waals surface area contributed by atoms with E-state index < -0.39 is 5.54 Å². The Morgan fingerprint density at radius 1 is 1.33 bits per heavy atom. The van der Waals surface area contributed by atoms with Gasteiger partial charge in [0.15, 0.2) is 11.5 Å². The molecule has 0 aromatic heterocycles. The van der Waals surface area contributed by atoms with E-state index in [4.69, 9.17) is 19.9 Å². The SMILES string of the molecule is COc1c(Br)cc2c(c1C(C)(C)N)OCCCO2. The Morgan fingerprint density at radius 3 is 2.61 bits per heavy atom. The Morgan fingerprint density at radius 2 is 2.00 bits per heavy atom. The van der Waals surface area contributed by atoms with Gasteiger partial charge in [-0.05, 0) is 29.8 Å². The van der Waals surface area contributed by atoms with Gasteiger partial charge in [0.1, 0.15) is 5.75 Å². The smallest absolute Gasteiger partial charge is 0.169 e. The van der Waals surface area contributed by atoms with Crippen LogP contribution in [-0.4, -0.2) is 20.3 Å². The van der Waals surface area contributed by atoms with Crippen LogP contribution in [0.3, 0.4) is 0 Å². The number of hydrogen-bond donors (Lipinski definition) is 1. The summed E-state index contributed by atoms with van der Waals surface area (Å²) in [6.45, 7) is 5.12. The van der Waals surface area contributed by atoms with Crippen molar-refractivity contribution in [1.29, 1.82) is 0 Å². The molecule has 0 aliphatic carbocycles. The number of fused-ring (bicyclic) bond motifs is 1. The van der Waals surface area contributed by atoms with E-state index >= 15 is 0 Å². The van der Waals surface area contributed by atoms with Crippen LogP contribution in [0, 0.1) is 0 Å². The quantitative estimate of drug-likeness (QED) is 0.911. The molecule has 18 heavy (non-hydrogen) atoms. The fourth-order valence-corrected chi connectivity index (χ4v) is 2.61. The molecule has 1 aliphatic heterocycles. The molecule has 0 saturated heterocycles. The number of rotatable bonds is 2. The molecule has 0 atom stereocenters. The minimum absolute atomic E-state index is 0.576. The van der Waals surface area contributed by atoms with E-state index in [9.17, 15) is 0 Å². The van der Waals surface area contributed by atoms with Crippen LogP contribution in [0.5, 0.6) is 17.2 Å². The highest BCUT2D eigenvalue weighted by Gasteiger charge is 2.30. The fourth-order valence-electron chi connectivity index (χ4n) is 2.04. The average molecular weight is 316 g/mol. The lowest BCUT2D eigenvalue weighted by molar-refractivity contribution is 0.293. The van der Waals surface area contributed by atoms with E-state index in [1.54, 1.807) is 7.11 Å². The molecule has 0 spiro atoms. The zero-order valence-corrected chi connectivity index (χ0v) is 12.5. The Balaban J connectivity index is 2.69. The summed E-state index contributed by atoms with van der Waals surface area (Å²) < 4.78 is 17.8. The van der Waals surface area contributed by atoms with Crippen LogP contribution in [0.2, 0.25) is 0 Å². The molecule has 100 valence electrons. The fraction of sp³-hybridized carbons (Fsp3) is 0.538. The second-order valence-corrected chi connectivity index (χ2v) is 5.72. The zero-order valence-electron chi connectivity index (χ0n) is 10.9. The van der Waals surface area contributed by atoms with Crippen LogP contribution in [0.4, 0.5) is 0 Å². The van der Waals surface area contributed by atoms with Crippen molar-refractivity contribution >= 4 is 15.9 Å². The van der Waals surface area contributed by atoms with Crippen molar-refractivity contribution in [1.82, 2.24) is 0 Å². The Kier molecular flexibility index (Phi) is 3.73. The third kappa shape index (κ3) is 2.42. The monoisotopic (exact) mass is 315 g/mol. The molecule has 2 N–H and O–H groups in total. The van der Waals surface area contributed by atoms with Gasteiger partial charge in [-0.25, -0.2) is 0 Å². The normalized spacial score (nSPS) is 15.2. The number of ether oxygens (including phenoxy) is 3. The summed E-state index contributed by atoms with van der Waals surface area (Å²) in [6, 6.07) is 1.87. The summed E-state index contributed by atoms with van der Waals surface area (Å²) in [5.74, 6) is 2.11. The van der Waals surface area contributed by atoms with E-state index in [1.165, 1.54) is 0 Å². The topological polar surface area (TPSA) is 53.7 Å². The molecule has 0 amide bonds. The maximum Gasteiger partial charge on any atom is 0.169 e. The van der Waals surface area contributed by atoms with E-state index in [2.05, 4.69) is 15.9 Å². The molecule has 4 nitrogen and oxygen atoms in total. The summed E-state index contributed by atoms with van der Waals surface area (Å²) >= 11 is 3.49. The molecule has 2 rings (SSSR count). The van der Waals surface area contributed by atoms with Gasteiger partial charge in [-0.2, -0.15) is 0 Å². The summed E-state index contributed by atoms with van der Waals surface area (Å²) in [7, 11) is 1.62. The van der Waals surface area contributed by atoms with Crippen LogP contribution in [-0.2, 0) is 5.54 Å². The highest BCUT2D eigenvalue weighted by Crippen LogP contribution is 2.47. The summed E-state index contributed by atoms with van der Waals surface area (Å²) in [4.78, 5) is 0. The van der Waals surface area contributed by atoms with Crippen molar-refractivity contribution in [2.24, 2.45) is 5.73 Å². The third-order valence-corrected chi connectivity index (χ3v) is 3.38. The van der Waals surface area contributed by atoms with Gasteiger partial charge in [0.25, 0.3) is 0 Å². The maximum atomic E-state index is 6.24. The average Bonchev–Trinajstić information content (AvgIpc) is 2.50. The molecule has 0 bridgehead atoms. The summed E-state index contributed by atoms with van der Waals surface area (Å²) in [5, 5.41) is 0. The molecule has 1 aromatic rings. The minimum Gasteiger partial charge on any atom is -0.495 e. The zero-order chi connectivity index (χ0) is 13.3. The highest BCUT2D eigenvalue weighted by atomic mass is 79.9. The van der Waals surface area contributed by atoms with Crippen LogP contribution in [0.1, 0.15) is 25.8 Å². The van der Waals surface area contributed by atoms with Gasteiger partial charge >= 0.3 is 0 Å².